The molecule has 0 fully saturated rings. The fourth-order valence-electron chi connectivity index (χ4n) is 2.43. The molecular weight excluding hydrogens is 273 g/mol. The van der Waals surface area contributed by atoms with E-state index in [0.29, 0.717) is 0 Å². The molecule has 22 heavy (non-hydrogen) atoms. The molecule has 3 aromatic carbocycles. The van der Waals surface area contributed by atoms with Crippen LogP contribution in [-0.2, 0) is 0 Å². The number of aryl methyl sites for hydroxylation is 2. The van der Waals surface area contributed by atoms with E-state index in [9.17, 15) is 4.39 Å². The average molecular weight is 291 g/mol. The third kappa shape index (κ3) is 3.01. The van der Waals surface area contributed by atoms with Gasteiger partial charge in [0.1, 0.15) is 5.82 Å². The zero-order chi connectivity index (χ0) is 15.5. The lowest BCUT2D eigenvalue weighted by atomic mass is 10.1. The second-order valence-electron chi connectivity index (χ2n) is 5.48. The molecule has 1 nitrogen and oxygen atoms in total. The van der Waals surface area contributed by atoms with Gasteiger partial charge in [0.2, 0.25) is 0 Å². The Morgan fingerprint density at radius 3 is 1.23 bits per heavy atom. The van der Waals surface area contributed by atoms with E-state index in [4.69, 9.17) is 0 Å². The van der Waals surface area contributed by atoms with Crippen LogP contribution in [0.3, 0.4) is 0 Å². The Labute approximate surface area is 130 Å². The number of anilines is 3. The topological polar surface area (TPSA) is 3.24 Å². The van der Waals surface area contributed by atoms with Crippen LogP contribution in [0, 0.1) is 19.7 Å². The third-order valence-electron chi connectivity index (χ3n) is 3.67. The molecule has 0 saturated carbocycles. The summed E-state index contributed by atoms with van der Waals surface area (Å²) in [5, 5.41) is 0. The van der Waals surface area contributed by atoms with Crippen molar-refractivity contribution in [1.29, 1.82) is 0 Å². The molecule has 0 amide bonds. The predicted molar refractivity (Wildman–Crippen MR) is 90.6 cm³/mol. The number of rotatable bonds is 3. The van der Waals surface area contributed by atoms with E-state index in [1.165, 1.54) is 23.3 Å². The molecule has 0 saturated heterocycles. The van der Waals surface area contributed by atoms with Gasteiger partial charge < -0.3 is 4.90 Å². The van der Waals surface area contributed by atoms with E-state index >= 15 is 0 Å². The monoisotopic (exact) mass is 291 g/mol. The SMILES string of the molecule is Cc1ccc(N(c2ccc(C)cc2)c2ccc(F)cc2)cc1. The summed E-state index contributed by atoms with van der Waals surface area (Å²) in [5.41, 5.74) is 5.48. The van der Waals surface area contributed by atoms with Gasteiger partial charge in [-0.3, -0.25) is 0 Å². The lowest BCUT2D eigenvalue weighted by Gasteiger charge is -2.25. The molecule has 3 rings (SSSR count). The first-order chi connectivity index (χ1) is 10.6. The average Bonchev–Trinajstić information content (AvgIpc) is 2.53. The largest absolute Gasteiger partial charge is 0.311 e. The van der Waals surface area contributed by atoms with Gasteiger partial charge in [-0.2, -0.15) is 0 Å². The summed E-state index contributed by atoms with van der Waals surface area (Å²) in [6.07, 6.45) is 0. The van der Waals surface area contributed by atoms with E-state index in [1.54, 1.807) is 12.1 Å². The summed E-state index contributed by atoms with van der Waals surface area (Å²) in [5.74, 6) is -0.225. The molecule has 0 radical (unpaired) electrons. The minimum Gasteiger partial charge on any atom is -0.311 e. The van der Waals surface area contributed by atoms with Crippen molar-refractivity contribution in [2.24, 2.45) is 0 Å². The molecule has 110 valence electrons. The second kappa shape index (κ2) is 6.02. The fourth-order valence-corrected chi connectivity index (χ4v) is 2.43. The van der Waals surface area contributed by atoms with E-state index in [-0.39, 0.29) is 5.82 Å². The number of hydrogen-bond acceptors (Lipinski definition) is 1. The Kier molecular flexibility index (Phi) is 3.92. The Balaban J connectivity index is 2.10. The summed E-state index contributed by atoms with van der Waals surface area (Å²) < 4.78 is 13.2. The van der Waals surface area contributed by atoms with Crippen LogP contribution >= 0.6 is 0 Å². The summed E-state index contributed by atoms with van der Waals surface area (Å²) >= 11 is 0. The van der Waals surface area contributed by atoms with Crippen molar-refractivity contribution < 1.29 is 4.39 Å². The van der Waals surface area contributed by atoms with Gasteiger partial charge >= 0.3 is 0 Å². The molecule has 0 spiro atoms. The Hall–Kier alpha value is -2.61. The molecular formula is C20H18FN. The highest BCUT2D eigenvalue weighted by Crippen LogP contribution is 2.34. The van der Waals surface area contributed by atoms with Gasteiger partial charge in [-0.1, -0.05) is 35.4 Å². The van der Waals surface area contributed by atoms with Crippen molar-refractivity contribution in [3.8, 4) is 0 Å². The maximum Gasteiger partial charge on any atom is 0.123 e. The van der Waals surface area contributed by atoms with Crippen LogP contribution in [0.1, 0.15) is 11.1 Å². The first-order valence-corrected chi connectivity index (χ1v) is 7.32. The van der Waals surface area contributed by atoms with Gasteiger partial charge in [0.05, 0.1) is 0 Å². The van der Waals surface area contributed by atoms with Crippen LogP contribution in [0.15, 0.2) is 72.8 Å². The molecule has 0 bridgehead atoms. The highest BCUT2D eigenvalue weighted by molar-refractivity contribution is 5.76. The Morgan fingerprint density at radius 2 is 0.864 bits per heavy atom. The van der Waals surface area contributed by atoms with Crippen LogP contribution in [0.4, 0.5) is 21.5 Å². The minimum absolute atomic E-state index is 0.225. The van der Waals surface area contributed by atoms with Gasteiger partial charge in [-0.25, -0.2) is 4.39 Å². The van der Waals surface area contributed by atoms with E-state index < -0.39 is 0 Å². The fraction of sp³-hybridized carbons (Fsp3) is 0.100. The van der Waals surface area contributed by atoms with Crippen LogP contribution in [0.2, 0.25) is 0 Å². The molecule has 0 N–H and O–H groups in total. The number of nitrogens with zero attached hydrogens (tertiary/aromatic N) is 1. The normalized spacial score (nSPS) is 10.5. The molecule has 0 aromatic heterocycles. The lowest BCUT2D eigenvalue weighted by molar-refractivity contribution is 0.628. The maximum absolute atomic E-state index is 13.2. The Bertz CT molecular complexity index is 635. The first kappa shape index (κ1) is 14.3. The molecule has 0 aliphatic carbocycles. The van der Waals surface area contributed by atoms with Crippen LogP contribution in [-0.4, -0.2) is 0 Å². The van der Waals surface area contributed by atoms with Crippen molar-refractivity contribution >= 4 is 17.1 Å². The standard InChI is InChI=1S/C20H18FN/c1-15-3-9-18(10-4-15)22(19-11-5-16(2)6-12-19)20-13-7-17(21)8-14-20/h3-14H,1-2H3. The summed E-state index contributed by atoms with van der Waals surface area (Å²) in [4.78, 5) is 2.12. The smallest absolute Gasteiger partial charge is 0.123 e. The Morgan fingerprint density at radius 1 is 0.545 bits per heavy atom. The highest BCUT2D eigenvalue weighted by atomic mass is 19.1. The summed E-state index contributed by atoms with van der Waals surface area (Å²) in [6, 6.07) is 23.2. The highest BCUT2D eigenvalue weighted by Gasteiger charge is 2.12. The molecule has 0 aliphatic rings. The molecule has 0 atom stereocenters. The summed E-state index contributed by atoms with van der Waals surface area (Å²) in [7, 11) is 0. The maximum atomic E-state index is 13.2. The number of halogens is 1. The summed E-state index contributed by atoms with van der Waals surface area (Å²) in [6.45, 7) is 4.13. The lowest BCUT2D eigenvalue weighted by Crippen LogP contribution is -2.09. The van der Waals surface area contributed by atoms with Crippen molar-refractivity contribution in [1.82, 2.24) is 0 Å². The zero-order valence-corrected chi connectivity index (χ0v) is 12.8. The quantitative estimate of drug-likeness (QED) is 0.579. The molecule has 0 aliphatic heterocycles. The van der Waals surface area contributed by atoms with Gasteiger partial charge in [-0.15, -0.1) is 0 Å². The zero-order valence-electron chi connectivity index (χ0n) is 12.8. The van der Waals surface area contributed by atoms with Gasteiger partial charge in [0, 0.05) is 17.1 Å². The predicted octanol–water partition coefficient (Wildman–Crippen LogP) is 5.91. The molecule has 0 heterocycles. The minimum atomic E-state index is -0.225. The molecule has 2 heteroatoms. The van der Waals surface area contributed by atoms with Crippen molar-refractivity contribution in [2.45, 2.75) is 13.8 Å². The second-order valence-corrected chi connectivity index (χ2v) is 5.48. The number of hydrogen-bond donors (Lipinski definition) is 0. The van der Waals surface area contributed by atoms with Gasteiger partial charge in [-0.05, 0) is 62.4 Å². The van der Waals surface area contributed by atoms with Crippen molar-refractivity contribution in [3.63, 3.8) is 0 Å². The molecule has 3 aromatic rings. The van der Waals surface area contributed by atoms with E-state index in [2.05, 4.69) is 67.3 Å². The van der Waals surface area contributed by atoms with Crippen molar-refractivity contribution in [3.05, 3.63) is 89.7 Å². The van der Waals surface area contributed by atoms with Crippen LogP contribution in [0.25, 0.3) is 0 Å². The van der Waals surface area contributed by atoms with Crippen LogP contribution < -0.4 is 4.90 Å². The molecule has 0 unspecified atom stereocenters. The van der Waals surface area contributed by atoms with Crippen molar-refractivity contribution in [2.75, 3.05) is 4.90 Å². The number of benzene rings is 3. The van der Waals surface area contributed by atoms with Crippen LogP contribution in [0.5, 0.6) is 0 Å². The van der Waals surface area contributed by atoms with E-state index in [1.807, 2.05) is 0 Å². The first-order valence-electron chi connectivity index (χ1n) is 7.32. The van der Waals surface area contributed by atoms with Gasteiger partial charge in [0.25, 0.3) is 0 Å². The van der Waals surface area contributed by atoms with E-state index in [0.717, 1.165) is 17.1 Å². The van der Waals surface area contributed by atoms with Gasteiger partial charge in [0.15, 0.2) is 0 Å². The third-order valence-corrected chi connectivity index (χ3v) is 3.67.